The number of aryl methyl sites for hydroxylation is 2. The number of aromatic nitrogens is 8. The molecule has 12 heteroatoms. The van der Waals surface area contributed by atoms with Crippen LogP contribution in [0.3, 0.4) is 0 Å². The van der Waals surface area contributed by atoms with Gasteiger partial charge in [0.1, 0.15) is 16.2 Å². The molecular weight excluding hydrogens is 512 g/mol. The lowest BCUT2D eigenvalue weighted by molar-refractivity contribution is 0.0940. The van der Waals surface area contributed by atoms with Crippen LogP contribution in [-0.4, -0.2) is 44.8 Å². The summed E-state index contributed by atoms with van der Waals surface area (Å²) in [6, 6.07) is 15.6. The van der Waals surface area contributed by atoms with Crippen LogP contribution in [0, 0.1) is 6.92 Å². The predicted octanol–water partition coefficient (Wildman–Crippen LogP) is 3.83. The van der Waals surface area contributed by atoms with Gasteiger partial charge >= 0.3 is 0 Å². The number of nitrogen functional groups attached to an aromatic ring is 1. The molecule has 6 aromatic rings. The van der Waals surface area contributed by atoms with Crippen molar-refractivity contribution in [1.29, 1.82) is 0 Å². The topological polar surface area (TPSA) is 142 Å². The Labute approximate surface area is 226 Å². The van der Waals surface area contributed by atoms with Crippen molar-refractivity contribution < 1.29 is 4.79 Å². The van der Waals surface area contributed by atoms with Gasteiger partial charge in [0.05, 0.1) is 17.3 Å². The van der Waals surface area contributed by atoms with Crippen LogP contribution in [0.1, 0.15) is 39.0 Å². The number of anilines is 1. The van der Waals surface area contributed by atoms with Gasteiger partial charge in [0.15, 0.2) is 17.3 Å². The van der Waals surface area contributed by atoms with Gasteiger partial charge in [0.25, 0.3) is 5.91 Å². The molecule has 1 amide bonds. The summed E-state index contributed by atoms with van der Waals surface area (Å²) in [5.74, 6) is 1.57. The van der Waals surface area contributed by atoms with Gasteiger partial charge in [-0.1, -0.05) is 10.6 Å². The highest BCUT2D eigenvalue weighted by Crippen LogP contribution is 2.36. The van der Waals surface area contributed by atoms with Crippen LogP contribution >= 0.6 is 11.5 Å². The molecule has 11 nitrogen and oxygen atoms in total. The Morgan fingerprint density at radius 1 is 1.13 bits per heavy atom. The number of nitrogens with two attached hydrogens (primary N) is 1. The largest absolute Gasteiger partial charge is 0.383 e. The van der Waals surface area contributed by atoms with Crippen molar-refractivity contribution in [3.05, 3.63) is 88.8 Å². The van der Waals surface area contributed by atoms with E-state index in [-0.39, 0.29) is 11.9 Å². The Morgan fingerprint density at radius 2 is 2.05 bits per heavy atom. The second-order valence-corrected chi connectivity index (χ2v) is 10.1. The van der Waals surface area contributed by atoms with E-state index in [1.165, 1.54) is 0 Å². The maximum absolute atomic E-state index is 12.8. The Bertz CT molecular complexity index is 1860. The molecule has 1 atom stereocenters. The number of fused-ring (bicyclic) bond motifs is 2. The summed E-state index contributed by atoms with van der Waals surface area (Å²) in [5, 5.41) is 11.4. The van der Waals surface area contributed by atoms with Gasteiger partial charge in [0.2, 0.25) is 0 Å². The maximum Gasteiger partial charge on any atom is 0.265 e. The van der Waals surface area contributed by atoms with Gasteiger partial charge in [-0.2, -0.15) is 5.10 Å². The van der Waals surface area contributed by atoms with E-state index in [1.54, 1.807) is 24.0 Å². The minimum Gasteiger partial charge on any atom is -0.383 e. The zero-order valence-electron chi connectivity index (χ0n) is 20.8. The SMILES string of the molecule is Cc1nnsc1C(=O)N[C@H]1CCc2cc(-n3c(-c4cccnc4N)nc4ccc(-n5cccn5)nc43)ccc21. The molecular formula is C27H22N10OS. The number of nitrogens with one attached hydrogen (secondary N) is 1. The lowest BCUT2D eigenvalue weighted by atomic mass is 10.1. The molecule has 1 aromatic carbocycles. The molecule has 1 aliphatic rings. The molecule has 0 fully saturated rings. The van der Waals surface area contributed by atoms with Crippen molar-refractivity contribution >= 4 is 34.4 Å². The van der Waals surface area contributed by atoms with Crippen LogP contribution in [0.2, 0.25) is 0 Å². The molecule has 5 aromatic heterocycles. The number of hydrogen-bond acceptors (Lipinski definition) is 9. The molecule has 0 saturated heterocycles. The van der Waals surface area contributed by atoms with Gasteiger partial charge in [-0.15, -0.1) is 5.10 Å². The first-order valence-electron chi connectivity index (χ1n) is 12.4. The first-order chi connectivity index (χ1) is 19.1. The van der Waals surface area contributed by atoms with E-state index >= 15 is 0 Å². The van der Waals surface area contributed by atoms with E-state index in [1.807, 2.05) is 47.2 Å². The van der Waals surface area contributed by atoms with Crippen molar-refractivity contribution in [3.8, 4) is 22.9 Å². The van der Waals surface area contributed by atoms with Crippen LogP contribution in [-0.2, 0) is 6.42 Å². The number of imidazole rings is 1. The monoisotopic (exact) mass is 534 g/mol. The second-order valence-electron chi connectivity index (χ2n) is 9.31. The summed E-state index contributed by atoms with van der Waals surface area (Å²) in [6.07, 6.45) is 6.87. The average Bonchev–Trinajstić information content (AvgIpc) is 3.75. The molecule has 0 saturated carbocycles. The minimum atomic E-state index is -0.144. The standard InChI is InChI=1S/C27H22N10OS/c1-15-23(39-35-34-15)27(38)32-20-8-5-16-14-17(6-7-18(16)20)37-25(19-4-2-11-29-24(19)28)31-21-9-10-22(33-26(21)37)36-13-3-12-30-36/h2-4,6-7,9-14,20H,5,8H2,1H3,(H2,28,29)(H,32,38)/t20-/m0/s1. The van der Waals surface area contributed by atoms with Crippen molar-refractivity contribution in [1.82, 2.24) is 44.2 Å². The number of carbonyl (C=O) groups is 1. The molecule has 0 unspecified atom stereocenters. The molecule has 0 spiro atoms. The first-order valence-corrected chi connectivity index (χ1v) is 13.2. The van der Waals surface area contributed by atoms with Crippen LogP contribution in [0.15, 0.2) is 67.1 Å². The normalized spacial score (nSPS) is 14.5. The molecule has 39 heavy (non-hydrogen) atoms. The third-order valence-electron chi connectivity index (χ3n) is 6.93. The summed E-state index contributed by atoms with van der Waals surface area (Å²) in [7, 11) is 0. The third kappa shape index (κ3) is 3.92. The number of rotatable bonds is 5. The molecule has 3 N–H and O–H groups in total. The van der Waals surface area contributed by atoms with Crippen LogP contribution < -0.4 is 11.1 Å². The third-order valence-corrected chi connectivity index (χ3v) is 7.76. The molecule has 5 heterocycles. The number of amides is 1. The van der Waals surface area contributed by atoms with Gasteiger partial charge < -0.3 is 11.1 Å². The Balaban J connectivity index is 1.33. The van der Waals surface area contributed by atoms with Crippen molar-refractivity contribution in [3.63, 3.8) is 0 Å². The van der Waals surface area contributed by atoms with Gasteiger partial charge in [-0.3, -0.25) is 9.36 Å². The van der Waals surface area contributed by atoms with Crippen molar-refractivity contribution in [2.45, 2.75) is 25.8 Å². The minimum absolute atomic E-state index is 0.0828. The number of benzene rings is 1. The molecule has 0 bridgehead atoms. The zero-order chi connectivity index (χ0) is 26.5. The lowest BCUT2D eigenvalue weighted by Crippen LogP contribution is -2.27. The zero-order valence-corrected chi connectivity index (χ0v) is 21.6. The molecule has 192 valence electrons. The van der Waals surface area contributed by atoms with E-state index in [4.69, 9.17) is 15.7 Å². The smallest absolute Gasteiger partial charge is 0.265 e. The fourth-order valence-electron chi connectivity index (χ4n) is 5.07. The fourth-order valence-corrected chi connectivity index (χ4v) is 5.63. The molecule has 7 rings (SSSR count). The number of nitrogens with zero attached hydrogens (tertiary/aromatic N) is 8. The van der Waals surface area contributed by atoms with E-state index in [2.05, 4.69) is 37.1 Å². The predicted molar refractivity (Wildman–Crippen MR) is 147 cm³/mol. The number of pyridine rings is 2. The highest BCUT2D eigenvalue weighted by atomic mass is 32.1. The average molecular weight is 535 g/mol. The van der Waals surface area contributed by atoms with E-state index in [0.717, 1.165) is 52.3 Å². The Hall–Kier alpha value is -4.97. The maximum atomic E-state index is 12.8. The van der Waals surface area contributed by atoms with E-state index in [0.29, 0.717) is 33.7 Å². The summed E-state index contributed by atoms with van der Waals surface area (Å²) in [5.41, 5.74) is 12.2. The fraction of sp³-hybridized carbons (Fsp3) is 0.148. The van der Waals surface area contributed by atoms with Crippen LogP contribution in [0.4, 0.5) is 5.82 Å². The molecule has 0 aliphatic heterocycles. The summed E-state index contributed by atoms with van der Waals surface area (Å²) < 4.78 is 7.61. The van der Waals surface area contributed by atoms with Crippen molar-refractivity contribution in [2.75, 3.05) is 5.73 Å². The lowest BCUT2D eigenvalue weighted by Gasteiger charge is -2.15. The van der Waals surface area contributed by atoms with Crippen molar-refractivity contribution in [2.24, 2.45) is 0 Å². The molecule has 0 radical (unpaired) electrons. The highest BCUT2D eigenvalue weighted by molar-refractivity contribution is 7.08. The van der Waals surface area contributed by atoms with Gasteiger partial charge in [0, 0.05) is 24.3 Å². The highest BCUT2D eigenvalue weighted by Gasteiger charge is 2.27. The number of carbonyl (C=O) groups excluding carboxylic acids is 1. The Kier molecular flexibility index (Phi) is 5.40. The quantitative estimate of drug-likeness (QED) is 0.340. The van der Waals surface area contributed by atoms with Crippen LogP contribution in [0.5, 0.6) is 0 Å². The summed E-state index contributed by atoms with van der Waals surface area (Å²) >= 11 is 1.11. The van der Waals surface area contributed by atoms with E-state index in [9.17, 15) is 4.79 Å². The van der Waals surface area contributed by atoms with E-state index < -0.39 is 0 Å². The summed E-state index contributed by atoms with van der Waals surface area (Å²) in [6.45, 7) is 1.79. The first kappa shape index (κ1) is 23.2. The summed E-state index contributed by atoms with van der Waals surface area (Å²) in [4.78, 5) is 27.5. The van der Waals surface area contributed by atoms with Crippen LogP contribution in [0.25, 0.3) is 34.1 Å². The Morgan fingerprint density at radius 3 is 2.85 bits per heavy atom. The van der Waals surface area contributed by atoms with Gasteiger partial charge in [-0.25, -0.2) is 19.6 Å². The molecule has 1 aliphatic carbocycles. The van der Waals surface area contributed by atoms with Gasteiger partial charge in [-0.05, 0) is 84.9 Å². The number of hydrogen-bond donors (Lipinski definition) is 2. The second kappa shape index (κ2) is 9.10.